The van der Waals surface area contributed by atoms with Crippen LogP contribution in [-0.2, 0) is 0 Å². The minimum atomic E-state index is 0.704. The van der Waals surface area contributed by atoms with E-state index >= 15 is 0 Å². The summed E-state index contributed by atoms with van der Waals surface area (Å²) in [7, 11) is 2.19. The molecule has 2 aliphatic rings. The quantitative estimate of drug-likeness (QED) is 0.690. The van der Waals surface area contributed by atoms with Crippen molar-refractivity contribution in [3.05, 3.63) is 11.3 Å². The molecule has 0 heterocycles. The minimum Gasteiger partial charge on any atom is -0.374 e. The van der Waals surface area contributed by atoms with Gasteiger partial charge in [0.25, 0.3) is 0 Å². The lowest BCUT2D eigenvalue weighted by molar-refractivity contribution is 0.231. The van der Waals surface area contributed by atoms with Crippen LogP contribution in [0.3, 0.4) is 0 Å². The maximum absolute atomic E-state index is 9.05. The topological polar surface area (TPSA) is 27.0 Å². The van der Waals surface area contributed by atoms with Crippen LogP contribution in [0.2, 0.25) is 0 Å². The molecule has 15 heavy (non-hydrogen) atoms. The van der Waals surface area contributed by atoms with Crippen LogP contribution in [0.15, 0.2) is 11.3 Å². The van der Waals surface area contributed by atoms with Crippen molar-refractivity contribution in [1.29, 1.82) is 5.26 Å². The first-order chi connectivity index (χ1) is 7.33. The van der Waals surface area contributed by atoms with Crippen molar-refractivity contribution < 1.29 is 0 Å². The number of rotatable bonds is 2. The van der Waals surface area contributed by atoms with Crippen LogP contribution in [0.5, 0.6) is 0 Å². The zero-order chi connectivity index (χ0) is 10.7. The second-order valence-corrected chi connectivity index (χ2v) is 4.79. The van der Waals surface area contributed by atoms with Crippen molar-refractivity contribution in [3.8, 4) is 6.07 Å². The van der Waals surface area contributed by atoms with Crippen LogP contribution in [0.25, 0.3) is 0 Å². The third kappa shape index (κ3) is 2.17. The molecule has 0 atom stereocenters. The highest BCUT2D eigenvalue weighted by atomic mass is 15.1. The minimum absolute atomic E-state index is 0.704. The molecule has 0 amide bonds. The van der Waals surface area contributed by atoms with Gasteiger partial charge in [0, 0.05) is 24.4 Å². The van der Waals surface area contributed by atoms with Gasteiger partial charge in [-0.15, -0.1) is 0 Å². The first-order valence-corrected chi connectivity index (χ1v) is 6.18. The van der Waals surface area contributed by atoms with Crippen LogP contribution < -0.4 is 0 Å². The Balaban J connectivity index is 2.06. The van der Waals surface area contributed by atoms with E-state index in [9.17, 15) is 0 Å². The third-order valence-corrected chi connectivity index (χ3v) is 3.87. The van der Waals surface area contributed by atoms with Crippen molar-refractivity contribution in [2.75, 3.05) is 7.05 Å². The molecule has 82 valence electrons. The Morgan fingerprint density at radius 1 is 1.13 bits per heavy atom. The van der Waals surface area contributed by atoms with E-state index in [-0.39, 0.29) is 0 Å². The van der Waals surface area contributed by atoms with Crippen LogP contribution in [-0.4, -0.2) is 18.0 Å². The standard InChI is InChI=1S/C13H20N2/c1-15(12-7-3-2-4-8-12)13-9-5-6-11(13)10-14/h12H,2-9H2,1H3. The smallest absolute Gasteiger partial charge is 0.0965 e. The van der Waals surface area contributed by atoms with E-state index in [1.807, 2.05) is 0 Å². The summed E-state index contributed by atoms with van der Waals surface area (Å²) in [4.78, 5) is 2.41. The predicted octanol–water partition coefficient (Wildman–Crippen LogP) is 3.21. The van der Waals surface area contributed by atoms with Crippen LogP contribution >= 0.6 is 0 Å². The van der Waals surface area contributed by atoms with Crippen molar-refractivity contribution in [3.63, 3.8) is 0 Å². The summed E-state index contributed by atoms with van der Waals surface area (Å²) in [6.45, 7) is 0. The Kier molecular flexibility index (Phi) is 3.30. The monoisotopic (exact) mass is 204 g/mol. The lowest BCUT2D eigenvalue weighted by Gasteiger charge is -2.34. The average Bonchev–Trinajstić information content (AvgIpc) is 2.77. The highest BCUT2D eigenvalue weighted by Gasteiger charge is 2.24. The van der Waals surface area contributed by atoms with E-state index < -0.39 is 0 Å². The fraction of sp³-hybridized carbons (Fsp3) is 0.769. The molecular weight excluding hydrogens is 184 g/mol. The van der Waals surface area contributed by atoms with Gasteiger partial charge in [0.1, 0.15) is 0 Å². The van der Waals surface area contributed by atoms with Crippen LogP contribution in [0.1, 0.15) is 51.4 Å². The molecule has 0 bridgehead atoms. The normalized spacial score (nSPS) is 22.9. The van der Waals surface area contributed by atoms with Gasteiger partial charge in [-0.1, -0.05) is 19.3 Å². The lowest BCUT2D eigenvalue weighted by Crippen LogP contribution is -2.32. The van der Waals surface area contributed by atoms with Gasteiger partial charge in [-0.05, 0) is 32.1 Å². The Labute approximate surface area is 92.6 Å². The Hall–Kier alpha value is -0.970. The highest BCUT2D eigenvalue weighted by molar-refractivity contribution is 5.31. The van der Waals surface area contributed by atoms with E-state index in [0.29, 0.717) is 6.04 Å². The van der Waals surface area contributed by atoms with E-state index in [0.717, 1.165) is 18.4 Å². The molecule has 0 aliphatic heterocycles. The van der Waals surface area contributed by atoms with Gasteiger partial charge in [-0.3, -0.25) is 0 Å². The molecule has 0 saturated heterocycles. The molecule has 1 saturated carbocycles. The summed E-state index contributed by atoms with van der Waals surface area (Å²) in [6.07, 6.45) is 10.1. The first-order valence-electron chi connectivity index (χ1n) is 6.18. The molecule has 0 aromatic rings. The summed E-state index contributed by atoms with van der Waals surface area (Å²) in [5, 5.41) is 9.05. The van der Waals surface area contributed by atoms with Crippen molar-refractivity contribution in [2.45, 2.75) is 57.4 Å². The number of hydrogen-bond acceptors (Lipinski definition) is 2. The average molecular weight is 204 g/mol. The van der Waals surface area contributed by atoms with Gasteiger partial charge in [0.05, 0.1) is 6.07 Å². The van der Waals surface area contributed by atoms with Crippen LogP contribution in [0.4, 0.5) is 0 Å². The number of nitriles is 1. The van der Waals surface area contributed by atoms with Crippen LogP contribution in [0, 0.1) is 11.3 Å². The van der Waals surface area contributed by atoms with Gasteiger partial charge in [0.15, 0.2) is 0 Å². The molecule has 0 spiro atoms. The zero-order valence-electron chi connectivity index (χ0n) is 9.63. The third-order valence-electron chi connectivity index (χ3n) is 3.87. The van der Waals surface area contributed by atoms with E-state index in [2.05, 4.69) is 18.0 Å². The summed E-state index contributed by atoms with van der Waals surface area (Å²) in [6, 6.07) is 3.08. The SMILES string of the molecule is CN(C1=C(C#N)CCC1)C1CCCCC1. The van der Waals surface area contributed by atoms with Gasteiger partial charge in [-0.2, -0.15) is 5.26 Å². The highest BCUT2D eigenvalue weighted by Crippen LogP contribution is 2.32. The van der Waals surface area contributed by atoms with Crippen molar-refractivity contribution >= 4 is 0 Å². The zero-order valence-corrected chi connectivity index (χ0v) is 9.63. The van der Waals surface area contributed by atoms with Crippen molar-refractivity contribution in [2.24, 2.45) is 0 Å². The molecule has 0 unspecified atom stereocenters. The van der Waals surface area contributed by atoms with Gasteiger partial charge in [0.2, 0.25) is 0 Å². The Bertz CT molecular complexity index is 292. The number of hydrogen-bond donors (Lipinski definition) is 0. The molecule has 0 radical (unpaired) electrons. The summed E-state index contributed by atoms with van der Waals surface area (Å²) in [5.74, 6) is 0. The molecule has 2 heteroatoms. The second-order valence-electron chi connectivity index (χ2n) is 4.79. The van der Waals surface area contributed by atoms with Gasteiger partial charge < -0.3 is 4.90 Å². The van der Waals surface area contributed by atoms with Gasteiger partial charge >= 0.3 is 0 Å². The van der Waals surface area contributed by atoms with Crippen molar-refractivity contribution in [1.82, 2.24) is 4.90 Å². The van der Waals surface area contributed by atoms with E-state index in [4.69, 9.17) is 5.26 Å². The van der Waals surface area contributed by atoms with E-state index in [1.165, 1.54) is 44.2 Å². The summed E-state index contributed by atoms with van der Waals surface area (Å²) in [5.41, 5.74) is 2.38. The fourth-order valence-electron chi connectivity index (χ4n) is 2.93. The Morgan fingerprint density at radius 2 is 1.87 bits per heavy atom. The molecule has 2 rings (SSSR count). The van der Waals surface area contributed by atoms with Gasteiger partial charge in [-0.25, -0.2) is 0 Å². The number of nitrogens with zero attached hydrogens (tertiary/aromatic N) is 2. The molecule has 2 aliphatic carbocycles. The largest absolute Gasteiger partial charge is 0.374 e. The maximum atomic E-state index is 9.05. The molecule has 0 aromatic carbocycles. The summed E-state index contributed by atoms with van der Waals surface area (Å²) < 4.78 is 0. The van der Waals surface area contributed by atoms with E-state index in [1.54, 1.807) is 0 Å². The molecular formula is C13H20N2. The lowest BCUT2D eigenvalue weighted by atomic mass is 9.94. The Morgan fingerprint density at radius 3 is 2.53 bits per heavy atom. The number of allylic oxidation sites excluding steroid dienone is 2. The first kappa shape index (κ1) is 10.5. The second kappa shape index (κ2) is 4.70. The maximum Gasteiger partial charge on any atom is 0.0965 e. The predicted molar refractivity (Wildman–Crippen MR) is 61.1 cm³/mol. The molecule has 2 nitrogen and oxygen atoms in total. The molecule has 0 aromatic heterocycles. The summed E-state index contributed by atoms with van der Waals surface area (Å²) >= 11 is 0. The molecule has 0 N–H and O–H groups in total. The molecule has 1 fully saturated rings. The fourth-order valence-corrected chi connectivity index (χ4v) is 2.93.